The molecule has 1 fully saturated rings. The molecule has 9 nitrogen and oxygen atoms in total. The van der Waals surface area contributed by atoms with Crippen LogP contribution < -0.4 is 14.5 Å². The van der Waals surface area contributed by atoms with Crippen LogP contribution in [-0.2, 0) is 0 Å². The summed E-state index contributed by atoms with van der Waals surface area (Å²) in [5.74, 6) is 1.18. The molecule has 27 heavy (non-hydrogen) atoms. The number of pyridine rings is 1. The van der Waals surface area contributed by atoms with E-state index in [1.165, 1.54) is 0 Å². The molecule has 0 atom stereocenters. The second-order valence-corrected chi connectivity index (χ2v) is 6.16. The Hall–Kier alpha value is -3.49. The SMILES string of the molecule is COc1ccnc(N2CCN(c3ccc([N+](=O)[O-])c4cnccc34)CC2)n1. The fraction of sp³-hybridized carbons (Fsp3) is 0.278. The van der Waals surface area contributed by atoms with Crippen LogP contribution in [0.15, 0.2) is 42.9 Å². The second-order valence-electron chi connectivity index (χ2n) is 6.16. The molecule has 4 rings (SSSR count). The minimum atomic E-state index is -0.369. The average molecular weight is 366 g/mol. The van der Waals surface area contributed by atoms with Gasteiger partial charge in [0.15, 0.2) is 0 Å². The smallest absolute Gasteiger partial charge is 0.278 e. The zero-order valence-electron chi connectivity index (χ0n) is 14.8. The molecular weight excluding hydrogens is 348 g/mol. The molecule has 1 aliphatic rings. The van der Waals surface area contributed by atoms with Gasteiger partial charge in [0, 0.05) is 68.0 Å². The summed E-state index contributed by atoms with van der Waals surface area (Å²) < 4.78 is 5.17. The summed E-state index contributed by atoms with van der Waals surface area (Å²) in [4.78, 5) is 28.0. The molecule has 0 saturated carbocycles. The van der Waals surface area contributed by atoms with Gasteiger partial charge in [-0.3, -0.25) is 15.1 Å². The molecule has 0 N–H and O–H groups in total. The van der Waals surface area contributed by atoms with Gasteiger partial charge in [-0.15, -0.1) is 0 Å². The van der Waals surface area contributed by atoms with E-state index in [9.17, 15) is 10.1 Å². The average Bonchev–Trinajstić information content (AvgIpc) is 2.73. The number of aromatic nitrogens is 3. The van der Waals surface area contributed by atoms with Crippen molar-refractivity contribution in [2.45, 2.75) is 0 Å². The Morgan fingerprint density at radius 3 is 2.56 bits per heavy atom. The van der Waals surface area contributed by atoms with E-state index in [2.05, 4.69) is 24.8 Å². The minimum Gasteiger partial charge on any atom is -0.481 e. The fourth-order valence-corrected chi connectivity index (χ4v) is 3.34. The largest absolute Gasteiger partial charge is 0.481 e. The van der Waals surface area contributed by atoms with E-state index < -0.39 is 0 Å². The normalized spacial score (nSPS) is 14.4. The number of benzene rings is 1. The van der Waals surface area contributed by atoms with E-state index in [0.717, 1.165) is 37.3 Å². The molecule has 138 valence electrons. The number of hydrogen-bond acceptors (Lipinski definition) is 8. The topological polar surface area (TPSA) is 97.5 Å². The van der Waals surface area contributed by atoms with Crippen molar-refractivity contribution in [3.8, 4) is 5.88 Å². The molecule has 3 heterocycles. The minimum absolute atomic E-state index is 0.0743. The lowest BCUT2D eigenvalue weighted by molar-refractivity contribution is -0.383. The molecule has 0 unspecified atom stereocenters. The van der Waals surface area contributed by atoms with Crippen LogP contribution in [-0.4, -0.2) is 53.2 Å². The van der Waals surface area contributed by atoms with Gasteiger partial charge in [0.1, 0.15) is 0 Å². The van der Waals surface area contributed by atoms with Crippen LogP contribution in [0.4, 0.5) is 17.3 Å². The number of non-ortho nitro benzene ring substituents is 1. The van der Waals surface area contributed by atoms with Gasteiger partial charge >= 0.3 is 0 Å². The Balaban J connectivity index is 1.58. The van der Waals surface area contributed by atoms with Gasteiger partial charge in [-0.25, -0.2) is 4.98 Å². The summed E-state index contributed by atoms with van der Waals surface area (Å²) in [6, 6.07) is 6.92. The molecule has 0 spiro atoms. The van der Waals surface area contributed by atoms with Crippen LogP contribution in [0.25, 0.3) is 10.8 Å². The van der Waals surface area contributed by atoms with E-state index in [4.69, 9.17) is 4.74 Å². The first-order valence-corrected chi connectivity index (χ1v) is 8.55. The van der Waals surface area contributed by atoms with Crippen LogP contribution in [0, 0.1) is 10.1 Å². The van der Waals surface area contributed by atoms with E-state index in [1.54, 1.807) is 37.8 Å². The molecule has 1 aromatic carbocycles. The van der Waals surface area contributed by atoms with Crippen molar-refractivity contribution >= 4 is 28.1 Å². The maximum Gasteiger partial charge on any atom is 0.278 e. The molecule has 2 aromatic heterocycles. The summed E-state index contributed by atoms with van der Waals surface area (Å²) in [5.41, 5.74) is 1.05. The number of nitrogens with zero attached hydrogens (tertiary/aromatic N) is 6. The molecular formula is C18H18N6O3. The Morgan fingerprint density at radius 1 is 1.04 bits per heavy atom. The Labute approximate surface area is 155 Å². The van der Waals surface area contributed by atoms with Gasteiger partial charge in [0.2, 0.25) is 11.8 Å². The highest BCUT2D eigenvalue weighted by atomic mass is 16.6. The first-order valence-electron chi connectivity index (χ1n) is 8.55. The number of rotatable bonds is 4. The third kappa shape index (κ3) is 3.19. The number of fused-ring (bicyclic) bond motifs is 1. The molecule has 1 saturated heterocycles. The van der Waals surface area contributed by atoms with E-state index in [1.807, 2.05) is 12.1 Å². The molecule has 0 aliphatic carbocycles. The van der Waals surface area contributed by atoms with E-state index in [0.29, 0.717) is 17.2 Å². The van der Waals surface area contributed by atoms with Crippen LogP contribution in [0.2, 0.25) is 0 Å². The maximum absolute atomic E-state index is 11.3. The first-order chi connectivity index (χ1) is 13.2. The molecule has 0 bridgehead atoms. The van der Waals surface area contributed by atoms with Gasteiger partial charge in [0.25, 0.3) is 5.69 Å². The molecule has 1 aliphatic heterocycles. The molecule has 0 radical (unpaired) electrons. The molecule has 3 aromatic rings. The fourth-order valence-electron chi connectivity index (χ4n) is 3.34. The number of methoxy groups -OCH3 is 1. The van der Waals surface area contributed by atoms with Crippen LogP contribution in [0.3, 0.4) is 0 Å². The predicted octanol–water partition coefficient (Wildman–Crippen LogP) is 2.27. The van der Waals surface area contributed by atoms with Crippen molar-refractivity contribution in [3.63, 3.8) is 0 Å². The van der Waals surface area contributed by atoms with Crippen molar-refractivity contribution in [1.29, 1.82) is 0 Å². The number of piperazine rings is 1. The third-order valence-electron chi connectivity index (χ3n) is 4.70. The monoisotopic (exact) mass is 366 g/mol. The zero-order valence-corrected chi connectivity index (χ0v) is 14.8. The van der Waals surface area contributed by atoms with Crippen LogP contribution >= 0.6 is 0 Å². The van der Waals surface area contributed by atoms with Gasteiger partial charge in [-0.05, 0) is 12.1 Å². The van der Waals surface area contributed by atoms with Crippen molar-refractivity contribution in [1.82, 2.24) is 15.0 Å². The Bertz CT molecular complexity index is 988. The summed E-state index contributed by atoms with van der Waals surface area (Å²) in [5, 5.41) is 12.7. The first kappa shape index (κ1) is 17.0. The summed E-state index contributed by atoms with van der Waals surface area (Å²) in [7, 11) is 1.58. The highest BCUT2D eigenvalue weighted by Crippen LogP contribution is 2.33. The van der Waals surface area contributed by atoms with E-state index in [-0.39, 0.29) is 10.6 Å². The summed E-state index contributed by atoms with van der Waals surface area (Å²) in [6.45, 7) is 3.01. The Kier molecular flexibility index (Phi) is 4.41. The lowest BCUT2D eigenvalue weighted by atomic mass is 10.1. The van der Waals surface area contributed by atoms with E-state index >= 15 is 0 Å². The standard InChI is InChI=1S/C18H18N6O3/c1-27-17-5-7-20-18(21-17)23-10-8-22(9-11-23)15-2-3-16(24(25)26)14-12-19-6-4-13(14)15/h2-7,12H,8-11H2,1H3. The van der Waals surface area contributed by atoms with Gasteiger partial charge < -0.3 is 14.5 Å². The highest BCUT2D eigenvalue weighted by Gasteiger charge is 2.23. The number of ether oxygens (including phenoxy) is 1. The summed E-state index contributed by atoms with van der Waals surface area (Å²) >= 11 is 0. The number of hydrogen-bond donors (Lipinski definition) is 0. The zero-order chi connectivity index (χ0) is 18.8. The van der Waals surface area contributed by atoms with Crippen LogP contribution in [0.1, 0.15) is 0 Å². The van der Waals surface area contributed by atoms with Crippen molar-refractivity contribution < 1.29 is 9.66 Å². The molecule has 9 heteroatoms. The lowest BCUT2D eigenvalue weighted by Crippen LogP contribution is -2.47. The van der Waals surface area contributed by atoms with Crippen molar-refractivity contribution in [2.24, 2.45) is 0 Å². The lowest BCUT2D eigenvalue weighted by Gasteiger charge is -2.36. The quantitative estimate of drug-likeness (QED) is 0.512. The molecule has 0 amide bonds. The maximum atomic E-state index is 11.3. The van der Waals surface area contributed by atoms with Crippen molar-refractivity contribution in [2.75, 3.05) is 43.1 Å². The number of nitro groups is 1. The third-order valence-corrected chi connectivity index (χ3v) is 4.70. The predicted molar refractivity (Wildman–Crippen MR) is 101 cm³/mol. The number of anilines is 2. The highest BCUT2D eigenvalue weighted by molar-refractivity contribution is 5.99. The Morgan fingerprint density at radius 2 is 1.81 bits per heavy atom. The second kappa shape index (κ2) is 7.02. The van der Waals surface area contributed by atoms with Crippen LogP contribution in [0.5, 0.6) is 5.88 Å². The van der Waals surface area contributed by atoms with Gasteiger partial charge in [-0.1, -0.05) is 0 Å². The number of nitro benzene ring substituents is 1. The van der Waals surface area contributed by atoms with Gasteiger partial charge in [0.05, 0.1) is 17.4 Å². The summed E-state index contributed by atoms with van der Waals surface area (Å²) in [6.07, 6.45) is 4.90. The van der Waals surface area contributed by atoms with Crippen molar-refractivity contribution in [3.05, 3.63) is 53.0 Å². The van der Waals surface area contributed by atoms with Gasteiger partial charge in [-0.2, -0.15) is 4.98 Å².